The number of fused-ring (bicyclic) bond motifs is 3. The molecule has 32 heavy (non-hydrogen) atoms. The summed E-state index contributed by atoms with van der Waals surface area (Å²) in [6.45, 7) is 0. The average molecular weight is 410 g/mol. The molecule has 0 aliphatic heterocycles. The zero-order chi connectivity index (χ0) is 21.3. The van der Waals surface area contributed by atoms with Crippen molar-refractivity contribution < 1.29 is 0 Å². The van der Waals surface area contributed by atoms with E-state index >= 15 is 0 Å². The molecule has 0 fully saturated rings. The van der Waals surface area contributed by atoms with Gasteiger partial charge in [0.25, 0.3) is 0 Å². The first-order chi connectivity index (χ1) is 15.8. The summed E-state index contributed by atoms with van der Waals surface area (Å²) in [5.74, 6) is 0. The fourth-order valence-corrected chi connectivity index (χ4v) is 3.97. The molecule has 6 rings (SSSR count). The fourth-order valence-electron chi connectivity index (χ4n) is 3.97. The number of hydrogen-bond donors (Lipinski definition) is 0. The van der Waals surface area contributed by atoms with E-state index < -0.39 is 0 Å². The Balaban J connectivity index is 1.44. The standard InChI is InChI=1S/C28H18N4/c1-2-16-29-25(9-1)26-11-4-10-23(31-26)21-6-3-7-22(18-21)24-15-14-20-13-12-19-8-5-17-30-27(19)28(20)32-24/h1-18H. The van der Waals surface area contributed by atoms with Crippen molar-refractivity contribution >= 4 is 21.8 Å². The summed E-state index contributed by atoms with van der Waals surface area (Å²) in [7, 11) is 0. The van der Waals surface area contributed by atoms with Crippen molar-refractivity contribution in [3.05, 3.63) is 109 Å². The molecular weight excluding hydrogens is 392 g/mol. The predicted octanol–water partition coefficient (Wildman–Crippen LogP) is 6.57. The molecule has 4 aromatic heterocycles. The summed E-state index contributed by atoms with van der Waals surface area (Å²) in [5.41, 5.74) is 7.46. The monoisotopic (exact) mass is 410 g/mol. The van der Waals surface area contributed by atoms with Crippen LogP contribution in [0.4, 0.5) is 0 Å². The molecule has 4 nitrogen and oxygen atoms in total. The molecule has 0 bridgehead atoms. The number of benzene rings is 2. The number of nitrogens with zero attached hydrogens (tertiary/aromatic N) is 4. The molecule has 0 spiro atoms. The third kappa shape index (κ3) is 3.28. The molecule has 0 unspecified atom stereocenters. The lowest BCUT2D eigenvalue weighted by atomic mass is 10.0. The van der Waals surface area contributed by atoms with Gasteiger partial charge in [0.15, 0.2) is 0 Å². The second-order valence-electron chi connectivity index (χ2n) is 7.61. The summed E-state index contributed by atoms with van der Waals surface area (Å²) in [5, 5.41) is 2.18. The van der Waals surface area contributed by atoms with Crippen molar-refractivity contribution in [2.75, 3.05) is 0 Å². The lowest BCUT2D eigenvalue weighted by Crippen LogP contribution is -1.91. The molecule has 4 heterocycles. The highest BCUT2D eigenvalue weighted by atomic mass is 14.8. The van der Waals surface area contributed by atoms with E-state index in [4.69, 9.17) is 9.97 Å². The van der Waals surface area contributed by atoms with E-state index in [-0.39, 0.29) is 0 Å². The van der Waals surface area contributed by atoms with Crippen molar-refractivity contribution in [2.24, 2.45) is 0 Å². The molecule has 150 valence electrons. The first-order valence-electron chi connectivity index (χ1n) is 10.5. The number of hydrogen-bond acceptors (Lipinski definition) is 4. The van der Waals surface area contributed by atoms with Crippen LogP contribution in [0.15, 0.2) is 109 Å². The minimum Gasteiger partial charge on any atom is -0.255 e. The highest BCUT2D eigenvalue weighted by Gasteiger charge is 2.09. The first-order valence-corrected chi connectivity index (χ1v) is 10.5. The van der Waals surface area contributed by atoms with Gasteiger partial charge in [-0.25, -0.2) is 9.97 Å². The summed E-state index contributed by atoms with van der Waals surface area (Å²) in [6, 6.07) is 32.6. The fraction of sp³-hybridized carbons (Fsp3) is 0. The van der Waals surface area contributed by atoms with Gasteiger partial charge in [-0.15, -0.1) is 0 Å². The Hall–Kier alpha value is -4.44. The second kappa shape index (κ2) is 7.67. The molecule has 0 N–H and O–H groups in total. The van der Waals surface area contributed by atoms with Crippen LogP contribution in [0.5, 0.6) is 0 Å². The molecule has 0 aliphatic rings. The Morgan fingerprint density at radius 2 is 1.09 bits per heavy atom. The van der Waals surface area contributed by atoms with E-state index in [1.165, 1.54) is 0 Å². The van der Waals surface area contributed by atoms with Crippen LogP contribution in [0.3, 0.4) is 0 Å². The summed E-state index contributed by atoms with van der Waals surface area (Å²) < 4.78 is 0. The summed E-state index contributed by atoms with van der Waals surface area (Å²) in [6.07, 6.45) is 3.60. The Bertz CT molecular complexity index is 1580. The molecule has 0 saturated carbocycles. The first kappa shape index (κ1) is 18.3. The van der Waals surface area contributed by atoms with Gasteiger partial charge < -0.3 is 0 Å². The van der Waals surface area contributed by atoms with Crippen LogP contribution in [-0.2, 0) is 0 Å². The topological polar surface area (TPSA) is 51.6 Å². The van der Waals surface area contributed by atoms with Crippen molar-refractivity contribution in [1.82, 2.24) is 19.9 Å². The lowest BCUT2D eigenvalue weighted by molar-refractivity contribution is 1.25. The molecular formula is C28H18N4. The highest BCUT2D eigenvalue weighted by Crippen LogP contribution is 2.29. The van der Waals surface area contributed by atoms with Crippen LogP contribution in [0.1, 0.15) is 0 Å². The molecule has 4 heteroatoms. The smallest absolute Gasteiger partial charge is 0.0972 e. The van der Waals surface area contributed by atoms with Gasteiger partial charge >= 0.3 is 0 Å². The summed E-state index contributed by atoms with van der Waals surface area (Å²) in [4.78, 5) is 18.8. The quantitative estimate of drug-likeness (QED) is 0.310. The molecule has 0 atom stereocenters. The zero-order valence-electron chi connectivity index (χ0n) is 17.2. The van der Waals surface area contributed by atoms with Gasteiger partial charge in [0.2, 0.25) is 0 Å². The number of pyridine rings is 4. The minimum atomic E-state index is 0.856. The lowest BCUT2D eigenvalue weighted by Gasteiger charge is -2.08. The molecule has 2 aromatic carbocycles. The second-order valence-corrected chi connectivity index (χ2v) is 7.61. The third-order valence-electron chi connectivity index (χ3n) is 5.56. The van der Waals surface area contributed by atoms with E-state index in [0.717, 1.165) is 55.7 Å². The van der Waals surface area contributed by atoms with Gasteiger partial charge in [0.1, 0.15) is 0 Å². The van der Waals surface area contributed by atoms with E-state index in [0.29, 0.717) is 0 Å². The van der Waals surface area contributed by atoms with Crippen molar-refractivity contribution in [3.63, 3.8) is 0 Å². The van der Waals surface area contributed by atoms with Crippen LogP contribution in [0, 0.1) is 0 Å². The Kier molecular flexibility index (Phi) is 4.40. The van der Waals surface area contributed by atoms with Crippen molar-refractivity contribution in [2.45, 2.75) is 0 Å². The molecule has 0 aliphatic carbocycles. The Morgan fingerprint density at radius 3 is 1.94 bits per heavy atom. The van der Waals surface area contributed by atoms with Crippen LogP contribution < -0.4 is 0 Å². The predicted molar refractivity (Wildman–Crippen MR) is 129 cm³/mol. The van der Waals surface area contributed by atoms with Gasteiger partial charge in [-0.1, -0.05) is 54.6 Å². The van der Waals surface area contributed by atoms with Gasteiger partial charge in [0, 0.05) is 34.3 Å². The summed E-state index contributed by atoms with van der Waals surface area (Å²) >= 11 is 0. The van der Waals surface area contributed by atoms with Crippen LogP contribution in [0.25, 0.3) is 55.7 Å². The molecule has 0 saturated heterocycles. The van der Waals surface area contributed by atoms with Crippen molar-refractivity contribution in [3.8, 4) is 33.9 Å². The average Bonchev–Trinajstić information content (AvgIpc) is 2.89. The molecule has 6 aromatic rings. The third-order valence-corrected chi connectivity index (χ3v) is 5.56. The Morgan fingerprint density at radius 1 is 0.406 bits per heavy atom. The van der Waals surface area contributed by atoms with E-state index in [1.54, 1.807) is 6.20 Å². The van der Waals surface area contributed by atoms with E-state index in [2.05, 4.69) is 58.5 Å². The maximum Gasteiger partial charge on any atom is 0.0972 e. The van der Waals surface area contributed by atoms with Gasteiger partial charge in [-0.05, 0) is 42.5 Å². The van der Waals surface area contributed by atoms with Crippen LogP contribution >= 0.6 is 0 Å². The molecule has 0 amide bonds. The Labute approximate surface area is 185 Å². The van der Waals surface area contributed by atoms with E-state index in [9.17, 15) is 0 Å². The highest BCUT2D eigenvalue weighted by molar-refractivity contribution is 6.03. The largest absolute Gasteiger partial charge is 0.255 e. The zero-order valence-corrected chi connectivity index (χ0v) is 17.2. The SMILES string of the molecule is c1ccc(-c2cccc(-c3cccc(-c4ccc5ccc6cccnc6c5n4)c3)n2)nc1. The van der Waals surface area contributed by atoms with Crippen LogP contribution in [0.2, 0.25) is 0 Å². The number of aromatic nitrogens is 4. The van der Waals surface area contributed by atoms with Gasteiger partial charge in [-0.2, -0.15) is 0 Å². The van der Waals surface area contributed by atoms with Crippen LogP contribution in [-0.4, -0.2) is 19.9 Å². The molecule has 0 radical (unpaired) electrons. The van der Waals surface area contributed by atoms with Crippen molar-refractivity contribution in [1.29, 1.82) is 0 Å². The number of rotatable bonds is 3. The maximum absolute atomic E-state index is 4.98. The minimum absolute atomic E-state index is 0.856. The maximum atomic E-state index is 4.98. The normalized spacial score (nSPS) is 11.1. The van der Waals surface area contributed by atoms with Gasteiger partial charge in [-0.3, -0.25) is 9.97 Å². The van der Waals surface area contributed by atoms with Gasteiger partial charge in [0.05, 0.1) is 33.8 Å². The van der Waals surface area contributed by atoms with E-state index in [1.807, 2.05) is 54.7 Å².